The molecule has 0 bridgehead atoms. The van der Waals surface area contributed by atoms with Gasteiger partial charge in [0.25, 0.3) is 0 Å². The summed E-state index contributed by atoms with van der Waals surface area (Å²) in [7, 11) is 0. The van der Waals surface area contributed by atoms with E-state index in [9.17, 15) is 4.79 Å². The fourth-order valence-corrected chi connectivity index (χ4v) is 1.80. The van der Waals surface area contributed by atoms with E-state index < -0.39 is 0 Å². The van der Waals surface area contributed by atoms with Gasteiger partial charge < -0.3 is 4.42 Å². The SMILES string of the molecule is CC1CCC(=NNC(=O)c2ccco2)CC1. The monoisotopic (exact) mass is 220 g/mol. The van der Waals surface area contributed by atoms with Gasteiger partial charge in [-0.05, 0) is 43.7 Å². The summed E-state index contributed by atoms with van der Waals surface area (Å²) < 4.78 is 4.97. The van der Waals surface area contributed by atoms with E-state index in [1.807, 2.05) is 0 Å². The molecule has 4 heteroatoms. The van der Waals surface area contributed by atoms with Crippen LogP contribution < -0.4 is 5.43 Å². The third-order valence-corrected chi connectivity index (χ3v) is 2.91. The molecule has 1 saturated carbocycles. The molecule has 0 unspecified atom stereocenters. The molecule has 1 fully saturated rings. The second-order valence-electron chi connectivity index (χ2n) is 4.28. The van der Waals surface area contributed by atoms with Gasteiger partial charge in [-0.2, -0.15) is 5.10 Å². The summed E-state index contributed by atoms with van der Waals surface area (Å²) in [5.74, 6) is 0.796. The molecule has 0 saturated heterocycles. The Bertz CT molecular complexity index is 372. The van der Waals surface area contributed by atoms with Gasteiger partial charge in [-0.3, -0.25) is 4.79 Å². The fourth-order valence-electron chi connectivity index (χ4n) is 1.80. The van der Waals surface area contributed by atoms with Gasteiger partial charge in [-0.1, -0.05) is 6.92 Å². The van der Waals surface area contributed by atoms with E-state index >= 15 is 0 Å². The van der Waals surface area contributed by atoms with E-state index in [-0.39, 0.29) is 5.91 Å². The first-order chi connectivity index (χ1) is 7.75. The Labute approximate surface area is 94.7 Å². The zero-order valence-electron chi connectivity index (χ0n) is 9.40. The maximum Gasteiger partial charge on any atom is 0.307 e. The first-order valence-corrected chi connectivity index (χ1v) is 5.65. The largest absolute Gasteiger partial charge is 0.459 e. The number of rotatable bonds is 2. The standard InChI is InChI=1S/C12H16N2O2/c1-9-4-6-10(7-5-9)13-14-12(15)11-3-2-8-16-11/h2-3,8-9H,4-7H2,1H3,(H,14,15). The number of carbonyl (C=O) groups excluding carboxylic acids is 1. The molecule has 86 valence electrons. The topological polar surface area (TPSA) is 54.6 Å². The van der Waals surface area contributed by atoms with Crippen LogP contribution in [0.1, 0.15) is 43.2 Å². The van der Waals surface area contributed by atoms with Crippen LogP contribution in [0.3, 0.4) is 0 Å². The minimum Gasteiger partial charge on any atom is -0.459 e. The highest BCUT2D eigenvalue weighted by molar-refractivity contribution is 5.93. The molecule has 1 N–H and O–H groups in total. The molecule has 16 heavy (non-hydrogen) atoms. The predicted octanol–water partition coefficient (Wildman–Crippen LogP) is 2.58. The number of furan rings is 1. The lowest BCUT2D eigenvalue weighted by Gasteiger charge is -2.18. The highest BCUT2D eigenvalue weighted by atomic mass is 16.3. The highest BCUT2D eigenvalue weighted by Crippen LogP contribution is 2.20. The number of nitrogens with one attached hydrogen (secondary N) is 1. The van der Waals surface area contributed by atoms with Crippen molar-refractivity contribution in [2.24, 2.45) is 11.0 Å². The molecular formula is C12H16N2O2. The Hall–Kier alpha value is -1.58. The van der Waals surface area contributed by atoms with Crippen LogP contribution in [0, 0.1) is 5.92 Å². The van der Waals surface area contributed by atoms with Gasteiger partial charge in [0.2, 0.25) is 0 Å². The smallest absolute Gasteiger partial charge is 0.307 e. The number of hydrazone groups is 1. The molecule has 1 amide bonds. The number of amides is 1. The number of hydrogen-bond donors (Lipinski definition) is 1. The van der Waals surface area contributed by atoms with Crippen molar-refractivity contribution in [2.75, 3.05) is 0 Å². The molecule has 2 rings (SSSR count). The summed E-state index contributed by atoms with van der Waals surface area (Å²) in [6.45, 7) is 2.25. The van der Waals surface area contributed by atoms with E-state index in [0.717, 1.165) is 37.3 Å². The molecule has 1 aliphatic carbocycles. The predicted molar refractivity (Wildman–Crippen MR) is 61.2 cm³/mol. The van der Waals surface area contributed by atoms with Crippen LogP contribution in [0.15, 0.2) is 27.9 Å². The molecule has 1 aromatic rings. The Morgan fingerprint density at radius 2 is 2.25 bits per heavy atom. The maximum absolute atomic E-state index is 11.5. The van der Waals surface area contributed by atoms with Crippen molar-refractivity contribution < 1.29 is 9.21 Å². The fraction of sp³-hybridized carbons (Fsp3) is 0.500. The first-order valence-electron chi connectivity index (χ1n) is 5.65. The highest BCUT2D eigenvalue weighted by Gasteiger charge is 2.14. The van der Waals surface area contributed by atoms with Crippen LogP contribution in [-0.2, 0) is 0 Å². The summed E-state index contributed by atoms with van der Waals surface area (Å²) >= 11 is 0. The minimum atomic E-state index is -0.281. The van der Waals surface area contributed by atoms with Crippen molar-refractivity contribution in [1.82, 2.24) is 5.43 Å². The molecule has 0 radical (unpaired) electrons. The Morgan fingerprint density at radius 3 is 2.88 bits per heavy atom. The van der Waals surface area contributed by atoms with Crippen molar-refractivity contribution >= 4 is 11.6 Å². The molecule has 4 nitrogen and oxygen atoms in total. The quantitative estimate of drug-likeness (QED) is 0.779. The molecule has 1 aliphatic rings. The average molecular weight is 220 g/mol. The normalized spacial score (nSPS) is 20.6. The lowest BCUT2D eigenvalue weighted by atomic mass is 9.90. The van der Waals surface area contributed by atoms with E-state index in [4.69, 9.17) is 4.42 Å². The molecule has 0 spiro atoms. The molecule has 1 heterocycles. The van der Waals surface area contributed by atoms with Crippen LogP contribution in [0.4, 0.5) is 0 Å². The van der Waals surface area contributed by atoms with Gasteiger partial charge in [0.05, 0.1) is 6.26 Å². The molecule has 0 atom stereocenters. The zero-order valence-corrected chi connectivity index (χ0v) is 9.40. The van der Waals surface area contributed by atoms with Crippen LogP contribution in [-0.4, -0.2) is 11.6 Å². The van der Waals surface area contributed by atoms with Gasteiger partial charge in [0, 0.05) is 5.71 Å². The summed E-state index contributed by atoms with van der Waals surface area (Å²) in [6, 6.07) is 3.31. The average Bonchev–Trinajstić information content (AvgIpc) is 2.81. The van der Waals surface area contributed by atoms with E-state index in [1.165, 1.54) is 6.26 Å². The third kappa shape index (κ3) is 2.72. The lowest BCUT2D eigenvalue weighted by molar-refractivity contribution is 0.0927. The van der Waals surface area contributed by atoms with Crippen molar-refractivity contribution in [2.45, 2.75) is 32.6 Å². The zero-order chi connectivity index (χ0) is 11.4. The maximum atomic E-state index is 11.5. The number of carbonyl (C=O) groups is 1. The van der Waals surface area contributed by atoms with E-state index in [2.05, 4.69) is 17.5 Å². The molecule has 0 aliphatic heterocycles. The first kappa shape index (κ1) is 10.9. The van der Waals surface area contributed by atoms with Gasteiger partial charge in [0.15, 0.2) is 5.76 Å². The van der Waals surface area contributed by atoms with Gasteiger partial charge in [0.1, 0.15) is 0 Å². The summed E-state index contributed by atoms with van der Waals surface area (Å²) in [6.07, 6.45) is 5.77. The van der Waals surface area contributed by atoms with Crippen molar-refractivity contribution in [3.63, 3.8) is 0 Å². The minimum absolute atomic E-state index is 0.281. The van der Waals surface area contributed by atoms with Crippen LogP contribution in [0.2, 0.25) is 0 Å². The van der Waals surface area contributed by atoms with Crippen LogP contribution in [0.25, 0.3) is 0 Å². The van der Waals surface area contributed by atoms with Gasteiger partial charge in [-0.25, -0.2) is 5.43 Å². The number of nitrogens with zero attached hydrogens (tertiary/aromatic N) is 1. The van der Waals surface area contributed by atoms with Crippen molar-refractivity contribution in [1.29, 1.82) is 0 Å². The lowest BCUT2D eigenvalue weighted by Crippen LogP contribution is -2.21. The van der Waals surface area contributed by atoms with E-state index in [1.54, 1.807) is 12.1 Å². The van der Waals surface area contributed by atoms with Crippen LogP contribution >= 0.6 is 0 Å². The van der Waals surface area contributed by atoms with E-state index in [0.29, 0.717) is 5.76 Å². The Morgan fingerprint density at radius 1 is 1.50 bits per heavy atom. The van der Waals surface area contributed by atoms with Crippen LogP contribution in [0.5, 0.6) is 0 Å². The van der Waals surface area contributed by atoms with Crippen molar-refractivity contribution in [3.05, 3.63) is 24.2 Å². The third-order valence-electron chi connectivity index (χ3n) is 2.91. The second kappa shape index (κ2) is 4.96. The number of hydrogen-bond acceptors (Lipinski definition) is 3. The second-order valence-corrected chi connectivity index (χ2v) is 4.28. The summed E-state index contributed by atoms with van der Waals surface area (Å²) in [4.78, 5) is 11.5. The van der Waals surface area contributed by atoms with Crippen molar-refractivity contribution in [3.8, 4) is 0 Å². The Balaban J connectivity index is 1.87. The molecular weight excluding hydrogens is 204 g/mol. The molecule has 1 aromatic heterocycles. The van der Waals surface area contributed by atoms with Gasteiger partial charge >= 0.3 is 5.91 Å². The summed E-state index contributed by atoms with van der Waals surface area (Å²) in [5.41, 5.74) is 3.61. The van der Waals surface area contributed by atoms with Gasteiger partial charge in [-0.15, -0.1) is 0 Å². The molecule has 0 aromatic carbocycles. The summed E-state index contributed by atoms with van der Waals surface area (Å²) in [5, 5.41) is 4.13. The Kier molecular flexibility index (Phi) is 3.39.